The summed E-state index contributed by atoms with van der Waals surface area (Å²) < 4.78 is 15.8. The monoisotopic (exact) mass is 329 g/mol. The van der Waals surface area contributed by atoms with Crippen LogP contribution in [-0.2, 0) is 0 Å². The van der Waals surface area contributed by atoms with Crippen molar-refractivity contribution in [3.05, 3.63) is 47.5 Å². The Morgan fingerprint density at radius 3 is 2.38 bits per heavy atom. The minimum absolute atomic E-state index is 0.0347. The van der Waals surface area contributed by atoms with Gasteiger partial charge in [-0.15, -0.1) is 0 Å². The number of allylic oxidation sites excluding steroid dienone is 1. The number of phenolic OH excluding ortho intramolecular Hbond substituents is 1. The molecule has 0 atom stereocenters. The van der Waals surface area contributed by atoms with Gasteiger partial charge in [0.15, 0.2) is 17.3 Å². The Balaban J connectivity index is 2.39. The van der Waals surface area contributed by atoms with Crippen molar-refractivity contribution in [2.75, 3.05) is 27.1 Å². The van der Waals surface area contributed by atoms with Crippen molar-refractivity contribution in [3.8, 4) is 23.0 Å². The molecule has 0 aliphatic rings. The van der Waals surface area contributed by atoms with Gasteiger partial charge in [0.2, 0.25) is 5.75 Å². The highest BCUT2D eigenvalue weighted by atomic mass is 16.5. The first-order chi connectivity index (χ1) is 11.5. The average molecular weight is 329 g/mol. The van der Waals surface area contributed by atoms with Gasteiger partial charge < -0.3 is 25.1 Å². The van der Waals surface area contributed by atoms with Crippen LogP contribution in [0.2, 0.25) is 0 Å². The summed E-state index contributed by atoms with van der Waals surface area (Å²) in [6.45, 7) is 0. The fourth-order valence-corrected chi connectivity index (χ4v) is 2.26. The van der Waals surface area contributed by atoms with E-state index in [-0.39, 0.29) is 17.3 Å². The van der Waals surface area contributed by atoms with Crippen molar-refractivity contribution in [2.45, 2.75) is 0 Å². The number of rotatable bonds is 6. The molecule has 6 nitrogen and oxygen atoms in total. The van der Waals surface area contributed by atoms with Crippen molar-refractivity contribution in [1.82, 2.24) is 0 Å². The molecule has 0 aliphatic heterocycles. The second kappa shape index (κ2) is 7.41. The number of ether oxygens (including phenoxy) is 3. The zero-order valence-electron chi connectivity index (χ0n) is 13.7. The molecule has 0 unspecified atom stereocenters. The zero-order chi connectivity index (χ0) is 17.7. The van der Waals surface area contributed by atoms with E-state index in [4.69, 9.17) is 19.9 Å². The topological polar surface area (TPSA) is 91.0 Å². The number of carbonyl (C=O) groups is 1. The number of anilines is 1. The number of methoxy groups -OCH3 is 3. The third kappa shape index (κ3) is 3.43. The fourth-order valence-electron chi connectivity index (χ4n) is 2.26. The average Bonchev–Trinajstić information content (AvgIpc) is 2.60. The Hall–Kier alpha value is -3.15. The SMILES string of the molecule is COc1ccc(C(=O)/C=C/c2cc(N)ccc2O)c(OC)c1OC. The summed E-state index contributed by atoms with van der Waals surface area (Å²) >= 11 is 0. The third-order valence-corrected chi connectivity index (χ3v) is 3.44. The maximum absolute atomic E-state index is 12.5. The Bertz CT molecular complexity index is 783. The standard InChI is InChI=1S/C18H19NO5/c1-22-16-9-6-13(17(23-2)18(16)24-3)15(21)7-4-11-10-12(19)5-8-14(11)20/h4-10,20H,19H2,1-3H3/b7-4+. The van der Waals surface area contributed by atoms with E-state index in [2.05, 4.69) is 0 Å². The molecule has 0 radical (unpaired) electrons. The first-order valence-corrected chi connectivity index (χ1v) is 7.11. The third-order valence-electron chi connectivity index (χ3n) is 3.44. The number of nitrogen functional groups attached to an aromatic ring is 1. The predicted octanol–water partition coefficient (Wildman–Crippen LogP) is 2.90. The van der Waals surface area contributed by atoms with Crippen molar-refractivity contribution >= 4 is 17.5 Å². The van der Waals surface area contributed by atoms with Gasteiger partial charge in [0, 0.05) is 11.3 Å². The van der Waals surface area contributed by atoms with Crippen LogP contribution in [0.15, 0.2) is 36.4 Å². The molecule has 6 heteroatoms. The summed E-state index contributed by atoms with van der Waals surface area (Å²) in [4.78, 5) is 12.5. The first-order valence-electron chi connectivity index (χ1n) is 7.11. The van der Waals surface area contributed by atoms with E-state index >= 15 is 0 Å². The van der Waals surface area contributed by atoms with Crippen LogP contribution in [0.25, 0.3) is 6.08 Å². The predicted molar refractivity (Wildman–Crippen MR) is 92.0 cm³/mol. The fraction of sp³-hybridized carbons (Fsp3) is 0.167. The van der Waals surface area contributed by atoms with Gasteiger partial charge in [0.1, 0.15) is 5.75 Å². The summed E-state index contributed by atoms with van der Waals surface area (Å²) in [6, 6.07) is 7.83. The summed E-state index contributed by atoms with van der Waals surface area (Å²) in [7, 11) is 4.41. The molecular formula is C18H19NO5. The molecular weight excluding hydrogens is 310 g/mol. The van der Waals surface area contributed by atoms with Crippen LogP contribution < -0.4 is 19.9 Å². The molecule has 0 fully saturated rings. The summed E-state index contributed by atoms with van der Waals surface area (Å²) in [6.07, 6.45) is 2.82. The van der Waals surface area contributed by atoms with Crippen molar-refractivity contribution in [1.29, 1.82) is 0 Å². The van der Waals surface area contributed by atoms with E-state index in [9.17, 15) is 9.90 Å². The Kier molecular flexibility index (Phi) is 5.31. The minimum atomic E-state index is -0.311. The molecule has 0 amide bonds. The molecule has 24 heavy (non-hydrogen) atoms. The Morgan fingerprint density at radius 2 is 1.75 bits per heavy atom. The van der Waals surface area contributed by atoms with Gasteiger partial charge >= 0.3 is 0 Å². The summed E-state index contributed by atoms with van der Waals surface area (Å²) in [5.41, 5.74) is 6.93. The van der Waals surface area contributed by atoms with Crippen LogP contribution in [0.4, 0.5) is 5.69 Å². The van der Waals surface area contributed by atoms with Gasteiger partial charge in [-0.25, -0.2) is 0 Å². The molecule has 126 valence electrons. The van der Waals surface area contributed by atoms with Crippen molar-refractivity contribution in [2.24, 2.45) is 0 Å². The maximum atomic E-state index is 12.5. The van der Waals surface area contributed by atoms with Gasteiger partial charge in [0.25, 0.3) is 0 Å². The lowest BCUT2D eigenvalue weighted by molar-refractivity contribution is 0.104. The van der Waals surface area contributed by atoms with Gasteiger partial charge in [-0.1, -0.05) is 0 Å². The number of benzene rings is 2. The van der Waals surface area contributed by atoms with E-state index in [0.717, 1.165) is 0 Å². The van der Waals surface area contributed by atoms with Crippen LogP contribution in [0.5, 0.6) is 23.0 Å². The first kappa shape index (κ1) is 17.2. The number of carbonyl (C=O) groups excluding carboxylic acids is 1. The molecule has 3 N–H and O–H groups in total. The molecule has 2 aromatic carbocycles. The quantitative estimate of drug-likeness (QED) is 0.366. The second-order valence-corrected chi connectivity index (χ2v) is 4.90. The molecule has 0 saturated heterocycles. The van der Waals surface area contributed by atoms with Crippen molar-refractivity contribution < 1.29 is 24.1 Å². The molecule has 0 bridgehead atoms. The van der Waals surface area contributed by atoms with E-state index in [1.54, 1.807) is 24.3 Å². The zero-order valence-corrected chi connectivity index (χ0v) is 13.7. The van der Waals surface area contributed by atoms with Gasteiger partial charge in [-0.05, 0) is 42.5 Å². The van der Waals surface area contributed by atoms with Gasteiger partial charge in [-0.2, -0.15) is 0 Å². The lowest BCUT2D eigenvalue weighted by Crippen LogP contribution is -2.02. The highest BCUT2D eigenvalue weighted by molar-refractivity contribution is 6.09. The van der Waals surface area contributed by atoms with Crippen molar-refractivity contribution in [3.63, 3.8) is 0 Å². The smallest absolute Gasteiger partial charge is 0.204 e. The largest absolute Gasteiger partial charge is 0.507 e. The molecule has 2 aromatic rings. The van der Waals surface area contributed by atoms with Crippen LogP contribution in [0, 0.1) is 0 Å². The Morgan fingerprint density at radius 1 is 1.04 bits per heavy atom. The highest BCUT2D eigenvalue weighted by Crippen LogP contribution is 2.40. The molecule has 0 spiro atoms. The summed E-state index contributed by atoms with van der Waals surface area (Å²) in [5, 5.41) is 9.79. The van der Waals surface area contributed by atoms with Crippen LogP contribution >= 0.6 is 0 Å². The highest BCUT2D eigenvalue weighted by Gasteiger charge is 2.19. The van der Waals surface area contributed by atoms with Crippen LogP contribution in [-0.4, -0.2) is 32.2 Å². The molecule has 0 saturated carbocycles. The van der Waals surface area contributed by atoms with Crippen LogP contribution in [0.1, 0.15) is 15.9 Å². The number of hydrogen-bond donors (Lipinski definition) is 2. The van der Waals surface area contributed by atoms with E-state index < -0.39 is 0 Å². The van der Waals surface area contributed by atoms with E-state index in [0.29, 0.717) is 28.3 Å². The molecule has 0 heterocycles. The Labute approximate surface area is 140 Å². The number of aromatic hydroxyl groups is 1. The molecule has 0 aromatic heterocycles. The summed E-state index contributed by atoms with van der Waals surface area (Å²) in [5.74, 6) is 0.805. The lowest BCUT2D eigenvalue weighted by atomic mass is 10.1. The minimum Gasteiger partial charge on any atom is -0.507 e. The van der Waals surface area contributed by atoms with E-state index in [1.165, 1.54) is 39.5 Å². The molecule has 0 aliphatic carbocycles. The van der Waals surface area contributed by atoms with E-state index in [1.807, 2.05) is 0 Å². The lowest BCUT2D eigenvalue weighted by Gasteiger charge is -2.14. The van der Waals surface area contributed by atoms with Gasteiger partial charge in [0.05, 0.1) is 26.9 Å². The normalized spacial score (nSPS) is 10.6. The van der Waals surface area contributed by atoms with Gasteiger partial charge in [-0.3, -0.25) is 4.79 Å². The number of phenols is 1. The number of hydrogen-bond acceptors (Lipinski definition) is 6. The maximum Gasteiger partial charge on any atom is 0.204 e. The number of ketones is 1. The molecule has 2 rings (SSSR count). The number of nitrogens with two attached hydrogens (primary N) is 1. The second-order valence-electron chi connectivity index (χ2n) is 4.90. The van der Waals surface area contributed by atoms with Crippen LogP contribution in [0.3, 0.4) is 0 Å².